The molecule has 3 rings (SSSR count). The number of thioether (sulfide) groups is 1. The molecule has 0 unspecified atom stereocenters. The number of halogens is 1. The molecule has 35 heavy (non-hydrogen) atoms. The van der Waals surface area contributed by atoms with Gasteiger partial charge in [-0.25, -0.2) is 9.18 Å². The minimum atomic E-state index is -0.943. The largest absolute Gasteiger partial charge is 0.505 e. The van der Waals surface area contributed by atoms with Crippen LogP contribution in [0.5, 0.6) is 5.75 Å². The molecule has 0 aromatic heterocycles. The van der Waals surface area contributed by atoms with E-state index >= 15 is 0 Å². The quantitative estimate of drug-likeness (QED) is 0.174. The van der Waals surface area contributed by atoms with Crippen molar-refractivity contribution in [2.45, 2.75) is 17.9 Å². The van der Waals surface area contributed by atoms with Crippen LogP contribution in [-0.4, -0.2) is 23.4 Å². The summed E-state index contributed by atoms with van der Waals surface area (Å²) in [5, 5.41) is 14.9. The standard InChI is InChI=1S/C26H26FN3O4S/c1-16(7-14-24(32)30-22-6-4-3-5-21(22)28)25(17-8-13-23(31)20(27)15-17)34-26(33)29-18-9-11-19(35-2)12-10-18/h3-16,25,31H,28H2,1-2H3,(H,29,33)(H,30,32)/b14-7+/t16-,25-/m0/s1. The second kappa shape index (κ2) is 11.9. The van der Waals surface area contributed by atoms with Crippen molar-refractivity contribution in [2.24, 2.45) is 5.92 Å². The molecule has 0 bridgehead atoms. The molecule has 9 heteroatoms. The van der Waals surface area contributed by atoms with Crippen LogP contribution in [0.15, 0.2) is 83.8 Å². The van der Waals surface area contributed by atoms with E-state index in [0.717, 1.165) is 11.0 Å². The smallest absolute Gasteiger partial charge is 0.412 e. The minimum Gasteiger partial charge on any atom is -0.505 e. The van der Waals surface area contributed by atoms with Crippen LogP contribution in [0.2, 0.25) is 0 Å². The van der Waals surface area contributed by atoms with Crippen LogP contribution in [0.3, 0.4) is 0 Å². The van der Waals surface area contributed by atoms with Crippen molar-refractivity contribution in [2.75, 3.05) is 22.6 Å². The van der Waals surface area contributed by atoms with E-state index in [1.165, 1.54) is 18.2 Å². The van der Waals surface area contributed by atoms with E-state index in [2.05, 4.69) is 10.6 Å². The summed E-state index contributed by atoms with van der Waals surface area (Å²) >= 11 is 1.57. The van der Waals surface area contributed by atoms with Crippen LogP contribution in [0.4, 0.5) is 26.2 Å². The number of anilines is 3. The number of phenols is 1. The van der Waals surface area contributed by atoms with Gasteiger partial charge in [0.1, 0.15) is 6.10 Å². The van der Waals surface area contributed by atoms with Gasteiger partial charge in [-0.05, 0) is 66.4 Å². The number of benzene rings is 3. The Bertz CT molecular complexity index is 1220. The molecule has 0 spiro atoms. The molecule has 3 aromatic rings. The Balaban J connectivity index is 1.75. The lowest BCUT2D eigenvalue weighted by Crippen LogP contribution is -2.21. The average Bonchev–Trinajstić information content (AvgIpc) is 2.85. The highest BCUT2D eigenvalue weighted by molar-refractivity contribution is 7.98. The summed E-state index contributed by atoms with van der Waals surface area (Å²) in [7, 11) is 0. The summed E-state index contributed by atoms with van der Waals surface area (Å²) in [5.41, 5.74) is 7.59. The number of amides is 2. The van der Waals surface area contributed by atoms with E-state index in [1.54, 1.807) is 61.2 Å². The second-order valence-corrected chi connectivity index (χ2v) is 8.56. The van der Waals surface area contributed by atoms with Gasteiger partial charge in [0.25, 0.3) is 0 Å². The number of hydrogen-bond acceptors (Lipinski definition) is 6. The number of hydrogen-bond donors (Lipinski definition) is 4. The van der Waals surface area contributed by atoms with Crippen molar-refractivity contribution in [1.29, 1.82) is 0 Å². The van der Waals surface area contributed by atoms with Crippen LogP contribution in [0.1, 0.15) is 18.6 Å². The van der Waals surface area contributed by atoms with Crippen molar-refractivity contribution >= 4 is 40.8 Å². The second-order valence-electron chi connectivity index (χ2n) is 7.68. The molecular weight excluding hydrogens is 469 g/mol. The summed E-state index contributed by atoms with van der Waals surface area (Å²) in [6, 6.07) is 17.8. The van der Waals surface area contributed by atoms with Crippen LogP contribution in [0, 0.1) is 11.7 Å². The minimum absolute atomic E-state index is 0.318. The SMILES string of the molecule is CSc1ccc(NC(=O)O[C@H](c2ccc(O)c(F)c2)[C@@H](C)/C=C/C(=O)Nc2ccccc2N)cc1. The number of aromatic hydroxyl groups is 1. The molecule has 0 aliphatic carbocycles. The maximum Gasteiger partial charge on any atom is 0.412 e. The highest BCUT2D eigenvalue weighted by Gasteiger charge is 2.24. The lowest BCUT2D eigenvalue weighted by molar-refractivity contribution is -0.111. The number of carbonyl (C=O) groups is 2. The number of rotatable bonds is 8. The van der Waals surface area contributed by atoms with E-state index in [9.17, 15) is 19.1 Å². The zero-order chi connectivity index (χ0) is 25.4. The van der Waals surface area contributed by atoms with Crippen molar-refractivity contribution in [3.8, 4) is 5.75 Å². The Kier molecular flexibility index (Phi) is 8.74. The van der Waals surface area contributed by atoms with Crippen molar-refractivity contribution in [1.82, 2.24) is 0 Å². The first-order chi connectivity index (χ1) is 16.8. The third kappa shape index (κ3) is 7.25. The molecule has 5 N–H and O–H groups in total. The molecule has 2 atom stereocenters. The predicted octanol–water partition coefficient (Wildman–Crippen LogP) is 5.96. The van der Waals surface area contributed by atoms with E-state index in [-0.39, 0.29) is 0 Å². The molecule has 3 aromatic carbocycles. The van der Waals surface area contributed by atoms with Crippen LogP contribution in [-0.2, 0) is 9.53 Å². The lowest BCUT2D eigenvalue weighted by atomic mass is 9.96. The fraction of sp³-hybridized carbons (Fsp3) is 0.154. The summed E-state index contributed by atoms with van der Waals surface area (Å²) in [4.78, 5) is 26.0. The third-order valence-corrected chi connectivity index (χ3v) is 5.86. The molecule has 0 aliphatic rings. The molecule has 0 saturated heterocycles. The summed E-state index contributed by atoms with van der Waals surface area (Å²) in [6.07, 6.45) is 3.10. The molecule has 0 radical (unpaired) electrons. The van der Waals surface area contributed by atoms with E-state index in [4.69, 9.17) is 10.5 Å². The Hall–Kier alpha value is -3.98. The van der Waals surface area contributed by atoms with Gasteiger partial charge < -0.3 is 20.9 Å². The first-order valence-corrected chi connectivity index (χ1v) is 11.9. The van der Waals surface area contributed by atoms with Crippen LogP contribution >= 0.6 is 11.8 Å². The Labute approximate surface area is 207 Å². The molecule has 182 valence electrons. The van der Waals surface area contributed by atoms with Crippen molar-refractivity contribution in [3.05, 3.63) is 90.3 Å². The van der Waals surface area contributed by atoms with E-state index < -0.39 is 35.6 Å². The Morgan fingerprint density at radius 1 is 1.09 bits per heavy atom. The normalized spacial score (nSPS) is 12.7. The fourth-order valence-corrected chi connectivity index (χ4v) is 3.65. The maximum absolute atomic E-state index is 14.1. The van der Waals surface area contributed by atoms with Gasteiger partial charge in [-0.15, -0.1) is 11.8 Å². The highest BCUT2D eigenvalue weighted by Crippen LogP contribution is 2.31. The average molecular weight is 496 g/mol. The van der Waals surface area contributed by atoms with Gasteiger partial charge in [0.05, 0.1) is 11.4 Å². The predicted molar refractivity (Wildman–Crippen MR) is 137 cm³/mol. The van der Waals surface area contributed by atoms with Gasteiger partial charge in [0.15, 0.2) is 11.6 Å². The molecular formula is C26H26FN3O4S. The topological polar surface area (TPSA) is 114 Å². The summed E-state index contributed by atoms with van der Waals surface area (Å²) < 4.78 is 19.7. The van der Waals surface area contributed by atoms with Crippen molar-refractivity contribution < 1.29 is 23.8 Å². The fourth-order valence-electron chi connectivity index (χ4n) is 3.24. The van der Waals surface area contributed by atoms with Crippen LogP contribution < -0.4 is 16.4 Å². The molecule has 2 amide bonds. The number of para-hydroxylation sites is 2. The molecule has 0 fully saturated rings. The zero-order valence-corrected chi connectivity index (χ0v) is 20.0. The first kappa shape index (κ1) is 25.6. The maximum atomic E-state index is 14.1. The van der Waals surface area contributed by atoms with Gasteiger partial charge in [-0.2, -0.15) is 0 Å². The summed E-state index contributed by atoms with van der Waals surface area (Å²) in [6.45, 7) is 1.72. The monoisotopic (exact) mass is 495 g/mol. The van der Waals surface area contributed by atoms with Gasteiger partial charge in [0.2, 0.25) is 5.91 Å². The zero-order valence-electron chi connectivity index (χ0n) is 19.2. The first-order valence-electron chi connectivity index (χ1n) is 10.7. The summed E-state index contributed by atoms with van der Waals surface area (Å²) in [5.74, 6) is -2.32. The number of ether oxygens (including phenoxy) is 1. The molecule has 0 saturated carbocycles. The lowest BCUT2D eigenvalue weighted by Gasteiger charge is -2.23. The third-order valence-electron chi connectivity index (χ3n) is 5.12. The van der Waals surface area contributed by atoms with E-state index in [0.29, 0.717) is 22.6 Å². The number of nitrogens with two attached hydrogens (primary N) is 1. The Morgan fingerprint density at radius 3 is 2.46 bits per heavy atom. The highest BCUT2D eigenvalue weighted by atomic mass is 32.2. The number of nitrogen functional groups attached to an aromatic ring is 1. The van der Waals surface area contributed by atoms with Gasteiger partial charge >= 0.3 is 6.09 Å². The molecule has 0 heterocycles. The number of nitrogens with one attached hydrogen (secondary N) is 2. The molecule has 0 aliphatic heterocycles. The van der Waals surface area contributed by atoms with Gasteiger partial charge in [0, 0.05) is 16.5 Å². The van der Waals surface area contributed by atoms with Crippen LogP contribution in [0.25, 0.3) is 0 Å². The molecule has 7 nitrogen and oxygen atoms in total. The van der Waals surface area contributed by atoms with Crippen molar-refractivity contribution in [3.63, 3.8) is 0 Å². The van der Waals surface area contributed by atoms with Gasteiger partial charge in [-0.3, -0.25) is 10.1 Å². The number of carbonyl (C=O) groups excluding carboxylic acids is 2. The van der Waals surface area contributed by atoms with E-state index in [1.807, 2.05) is 18.4 Å². The van der Waals surface area contributed by atoms with Gasteiger partial charge in [-0.1, -0.05) is 31.2 Å². The Morgan fingerprint density at radius 2 is 1.80 bits per heavy atom. The number of phenolic OH excluding ortho intramolecular Hbond substituents is 1.